The van der Waals surface area contributed by atoms with Gasteiger partial charge in [0.15, 0.2) is 0 Å². The van der Waals surface area contributed by atoms with E-state index in [0.717, 1.165) is 32.4 Å². The lowest BCUT2D eigenvalue weighted by molar-refractivity contribution is -0.125. The van der Waals surface area contributed by atoms with Gasteiger partial charge in [0.1, 0.15) is 6.04 Å². The van der Waals surface area contributed by atoms with Gasteiger partial charge in [-0.15, -0.1) is 11.3 Å². The lowest BCUT2D eigenvalue weighted by atomic mass is 10.0. The maximum Gasteiger partial charge on any atom is 0.264 e. The van der Waals surface area contributed by atoms with Crippen molar-refractivity contribution in [1.29, 1.82) is 0 Å². The van der Waals surface area contributed by atoms with E-state index in [1.807, 2.05) is 23.6 Å². The number of nitrogens with zero attached hydrogens (tertiary/aromatic N) is 2. The number of likely N-dealkylation sites (tertiary alicyclic amines) is 2. The molecule has 0 aliphatic carbocycles. The van der Waals surface area contributed by atoms with Crippen molar-refractivity contribution in [2.45, 2.75) is 50.7 Å². The first-order valence-electron chi connectivity index (χ1n) is 10.6. The van der Waals surface area contributed by atoms with Gasteiger partial charge in [-0.05, 0) is 49.2 Å². The zero-order valence-electron chi connectivity index (χ0n) is 16.8. The van der Waals surface area contributed by atoms with Crippen LogP contribution in [0.2, 0.25) is 0 Å². The molecule has 5 nitrogen and oxygen atoms in total. The fourth-order valence-corrected chi connectivity index (χ4v) is 5.16. The van der Waals surface area contributed by atoms with Crippen LogP contribution in [0.3, 0.4) is 0 Å². The second-order valence-electron chi connectivity index (χ2n) is 7.98. The SMILES string of the molecule is O=C(NCC1CCCCN1Cc1ccccc1)[C@@H]1CCCN1C(=O)c1cccs1. The van der Waals surface area contributed by atoms with E-state index < -0.39 is 0 Å². The fourth-order valence-electron chi connectivity index (χ4n) is 4.48. The number of hydrogen-bond donors (Lipinski definition) is 1. The Morgan fingerprint density at radius 1 is 1.00 bits per heavy atom. The van der Waals surface area contributed by atoms with Crippen molar-refractivity contribution in [1.82, 2.24) is 15.1 Å². The number of hydrogen-bond acceptors (Lipinski definition) is 4. The van der Waals surface area contributed by atoms with Crippen LogP contribution in [-0.2, 0) is 11.3 Å². The number of piperidine rings is 1. The third-order valence-electron chi connectivity index (χ3n) is 6.04. The van der Waals surface area contributed by atoms with Gasteiger partial charge < -0.3 is 10.2 Å². The second-order valence-corrected chi connectivity index (χ2v) is 8.93. The summed E-state index contributed by atoms with van der Waals surface area (Å²) in [4.78, 5) is 30.6. The quantitative estimate of drug-likeness (QED) is 0.791. The minimum absolute atomic E-state index is 0.00218. The van der Waals surface area contributed by atoms with Crippen molar-refractivity contribution in [3.8, 4) is 0 Å². The molecule has 2 amide bonds. The third-order valence-corrected chi connectivity index (χ3v) is 6.90. The highest BCUT2D eigenvalue weighted by molar-refractivity contribution is 7.12. The fraction of sp³-hybridized carbons (Fsp3) is 0.478. The molecular formula is C23H29N3O2S. The van der Waals surface area contributed by atoms with Crippen molar-refractivity contribution in [3.05, 3.63) is 58.3 Å². The van der Waals surface area contributed by atoms with Crippen LogP contribution in [0.4, 0.5) is 0 Å². The molecule has 1 unspecified atom stereocenters. The van der Waals surface area contributed by atoms with Crippen molar-refractivity contribution in [2.75, 3.05) is 19.6 Å². The zero-order chi connectivity index (χ0) is 20.1. The topological polar surface area (TPSA) is 52.7 Å². The van der Waals surface area contributed by atoms with E-state index in [-0.39, 0.29) is 17.9 Å². The molecule has 2 aromatic rings. The summed E-state index contributed by atoms with van der Waals surface area (Å²) in [6, 6.07) is 14.3. The van der Waals surface area contributed by atoms with Gasteiger partial charge in [-0.1, -0.05) is 42.8 Å². The molecule has 2 saturated heterocycles. The predicted octanol–water partition coefficient (Wildman–Crippen LogP) is 3.52. The molecule has 2 fully saturated rings. The van der Waals surface area contributed by atoms with Gasteiger partial charge in [0.05, 0.1) is 4.88 Å². The van der Waals surface area contributed by atoms with Crippen LogP contribution >= 0.6 is 11.3 Å². The highest BCUT2D eigenvalue weighted by atomic mass is 32.1. The molecule has 29 heavy (non-hydrogen) atoms. The number of amides is 2. The lowest BCUT2D eigenvalue weighted by Crippen LogP contribution is -2.51. The average molecular weight is 412 g/mol. The van der Waals surface area contributed by atoms with Gasteiger partial charge in [0.2, 0.25) is 5.91 Å². The molecule has 2 atom stereocenters. The molecule has 154 valence electrons. The van der Waals surface area contributed by atoms with E-state index in [2.05, 4.69) is 34.5 Å². The summed E-state index contributed by atoms with van der Waals surface area (Å²) in [6.45, 7) is 3.32. The first-order chi connectivity index (χ1) is 14.2. The Balaban J connectivity index is 1.34. The van der Waals surface area contributed by atoms with Gasteiger partial charge in [0, 0.05) is 25.7 Å². The monoisotopic (exact) mass is 411 g/mol. The Hall–Kier alpha value is -2.18. The molecular weight excluding hydrogens is 382 g/mol. The zero-order valence-corrected chi connectivity index (χ0v) is 17.6. The first kappa shape index (κ1) is 20.1. The molecule has 4 rings (SSSR count). The van der Waals surface area contributed by atoms with E-state index in [1.165, 1.54) is 29.7 Å². The molecule has 0 spiro atoms. The number of carbonyl (C=O) groups is 2. The molecule has 1 aromatic carbocycles. The Bertz CT molecular complexity index is 809. The summed E-state index contributed by atoms with van der Waals surface area (Å²) in [5, 5.41) is 5.07. The Kier molecular flexibility index (Phi) is 6.62. The van der Waals surface area contributed by atoms with Gasteiger partial charge in [-0.2, -0.15) is 0 Å². The average Bonchev–Trinajstić information content (AvgIpc) is 3.45. The van der Waals surface area contributed by atoms with Crippen molar-refractivity contribution >= 4 is 23.2 Å². The normalized spacial score (nSPS) is 22.6. The minimum atomic E-state index is -0.337. The summed E-state index contributed by atoms with van der Waals surface area (Å²) in [6.07, 6.45) is 5.16. The minimum Gasteiger partial charge on any atom is -0.353 e. The van der Waals surface area contributed by atoms with E-state index in [9.17, 15) is 9.59 Å². The highest BCUT2D eigenvalue weighted by Gasteiger charge is 2.35. The van der Waals surface area contributed by atoms with Crippen molar-refractivity contribution < 1.29 is 9.59 Å². The number of benzene rings is 1. The van der Waals surface area contributed by atoms with Crippen LogP contribution in [0, 0.1) is 0 Å². The Labute approximate surface area is 176 Å². The van der Waals surface area contributed by atoms with E-state index in [0.29, 0.717) is 24.0 Å². The molecule has 6 heteroatoms. The molecule has 0 radical (unpaired) electrons. The van der Waals surface area contributed by atoms with Crippen LogP contribution in [0.1, 0.15) is 47.3 Å². The van der Waals surface area contributed by atoms with Gasteiger partial charge in [0.25, 0.3) is 5.91 Å². The maximum atomic E-state index is 12.9. The van der Waals surface area contributed by atoms with Crippen LogP contribution in [-0.4, -0.2) is 53.3 Å². The molecule has 3 heterocycles. The van der Waals surface area contributed by atoms with Crippen LogP contribution in [0.5, 0.6) is 0 Å². The molecule has 1 N–H and O–H groups in total. The largest absolute Gasteiger partial charge is 0.353 e. The summed E-state index contributed by atoms with van der Waals surface area (Å²) in [5.74, 6) is -0.0151. The molecule has 2 aliphatic rings. The Morgan fingerprint density at radius 2 is 1.86 bits per heavy atom. The number of rotatable bonds is 6. The third kappa shape index (κ3) is 4.87. The van der Waals surface area contributed by atoms with E-state index >= 15 is 0 Å². The molecule has 2 aliphatic heterocycles. The lowest BCUT2D eigenvalue weighted by Gasteiger charge is -2.36. The second kappa shape index (κ2) is 9.55. The number of carbonyl (C=O) groups excluding carboxylic acids is 2. The molecule has 0 bridgehead atoms. The summed E-state index contributed by atoms with van der Waals surface area (Å²) < 4.78 is 0. The highest BCUT2D eigenvalue weighted by Crippen LogP contribution is 2.23. The Morgan fingerprint density at radius 3 is 2.66 bits per heavy atom. The van der Waals surface area contributed by atoms with Crippen molar-refractivity contribution in [2.24, 2.45) is 0 Å². The van der Waals surface area contributed by atoms with Gasteiger partial charge in [-0.25, -0.2) is 0 Å². The van der Waals surface area contributed by atoms with E-state index in [4.69, 9.17) is 0 Å². The van der Waals surface area contributed by atoms with Gasteiger partial charge in [-0.3, -0.25) is 14.5 Å². The standard InChI is InChI=1S/C23H29N3O2S/c27-22(20-11-6-14-26(20)23(28)21-12-7-15-29-21)24-16-19-10-4-5-13-25(19)17-18-8-2-1-3-9-18/h1-3,7-9,12,15,19-20H,4-6,10-11,13-14,16-17H2,(H,24,27)/t19?,20-/m0/s1. The summed E-state index contributed by atoms with van der Waals surface area (Å²) >= 11 is 1.44. The predicted molar refractivity (Wildman–Crippen MR) is 116 cm³/mol. The van der Waals surface area contributed by atoms with E-state index in [1.54, 1.807) is 4.90 Å². The van der Waals surface area contributed by atoms with Crippen LogP contribution in [0.25, 0.3) is 0 Å². The first-order valence-corrected chi connectivity index (χ1v) is 11.5. The smallest absolute Gasteiger partial charge is 0.264 e. The maximum absolute atomic E-state index is 12.9. The van der Waals surface area contributed by atoms with Crippen LogP contribution in [0.15, 0.2) is 47.8 Å². The number of thiophene rings is 1. The van der Waals surface area contributed by atoms with Crippen LogP contribution < -0.4 is 5.32 Å². The number of nitrogens with one attached hydrogen (secondary N) is 1. The van der Waals surface area contributed by atoms with Crippen molar-refractivity contribution in [3.63, 3.8) is 0 Å². The summed E-state index contributed by atoms with van der Waals surface area (Å²) in [5.41, 5.74) is 1.31. The summed E-state index contributed by atoms with van der Waals surface area (Å²) in [7, 11) is 0. The molecule has 1 aromatic heterocycles. The van der Waals surface area contributed by atoms with Gasteiger partial charge >= 0.3 is 0 Å². The molecule has 0 saturated carbocycles.